The van der Waals surface area contributed by atoms with Gasteiger partial charge in [-0.2, -0.15) is 0 Å². The predicted octanol–water partition coefficient (Wildman–Crippen LogP) is 2.96. The van der Waals surface area contributed by atoms with Crippen LogP contribution in [0.2, 0.25) is 5.02 Å². The normalized spacial score (nSPS) is 10.3. The van der Waals surface area contributed by atoms with Gasteiger partial charge in [0.25, 0.3) is 0 Å². The van der Waals surface area contributed by atoms with Crippen LogP contribution in [0.4, 0.5) is 4.79 Å². The number of aryl methyl sites for hydroxylation is 1. The minimum Gasteiger partial charge on any atom is -0.450 e. The molecule has 0 atom stereocenters. The van der Waals surface area contributed by atoms with Crippen molar-refractivity contribution >= 4 is 17.7 Å². The molecule has 0 radical (unpaired) electrons. The molecule has 0 aliphatic heterocycles. The molecule has 0 fully saturated rings. The van der Waals surface area contributed by atoms with E-state index in [9.17, 15) is 4.79 Å². The number of hydrogen-bond acceptors (Lipinski definition) is 3. The van der Waals surface area contributed by atoms with E-state index >= 15 is 0 Å². The molecule has 1 aromatic heterocycles. The number of benzene rings is 1. The molecule has 6 heteroatoms. The number of amides is 1. The smallest absolute Gasteiger partial charge is 0.407 e. The second-order valence-corrected chi connectivity index (χ2v) is 5.06. The fourth-order valence-corrected chi connectivity index (χ4v) is 1.99. The Hall–Kier alpha value is -2.01. The molecule has 0 aliphatic carbocycles. The number of carbonyl (C=O) groups is 1. The molecule has 0 saturated heterocycles. The predicted molar refractivity (Wildman–Crippen MR) is 81.4 cm³/mol. The van der Waals surface area contributed by atoms with Crippen molar-refractivity contribution in [3.63, 3.8) is 0 Å². The fourth-order valence-electron chi connectivity index (χ4n) is 1.86. The van der Waals surface area contributed by atoms with Crippen molar-refractivity contribution in [1.82, 2.24) is 15.3 Å². The number of hydrogen-bond donors (Lipinski definition) is 2. The number of rotatable bonds is 7. The van der Waals surface area contributed by atoms with E-state index in [0.717, 1.165) is 30.5 Å². The molecule has 1 amide bonds. The Morgan fingerprint density at radius 3 is 2.81 bits per heavy atom. The van der Waals surface area contributed by atoms with E-state index < -0.39 is 0 Å². The van der Waals surface area contributed by atoms with Crippen LogP contribution in [0.25, 0.3) is 0 Å². The van der Waals surface area contributed by atoms with Gasteiger partial charge in [0.05, 0.1) is 12.9 Å². The second-order valence-electron chi connectivity index (χ2n) is 4.62. The van der Waals surface area contributed by atoms with Crippen molar-refractivity contribution in [2.45, 2.75) is 19.3 Å². The highest BCUT2D eigenvalue weighted by Gasteiger charge is 2.02. The van der Waals surface area contributed by atoms with Crippen molar-refractivity contribution in [3.8, 4) is 0 Å². The molecule has 2 N–H and O–H groups in total. The number of alkyl carbamates (subject to hydrolysis) is 1. The third-order valence-electron chi connectivity index (χ3n) is 2.97. The van der Waals surface area contributed by atoms with Crippen LogP contribution in [0.15, 0.2) is 36.8 Å². The lowest BCUT2D eigenvalue weighted by Gasteiger charge is -2.07. The van der Waals surface area contributed by atoms with Crippen LogP contribution in [-0.2, 0) is 17.6 Å². The molecule has 0 aliphatic rings. The fraction of sp³-hybridized carbons (Fsp3) is 0.333. The summed E-state index contributed by atoms with van der Waals surface area (Å²) in [6.45, 7) is 0.937. The zero-order valence-electron chi connectivity index (χ0n) is 11.6. The molecule has 112 valence electrons. The van der Waals surface area contributed by atoms with E-state index in [1.807, 2.05) is 24.3 Å². The van der Waals surface area contributed by atoms with Gasteiger partial charge in [0.1, 0.15) is 0 Å². The third kappa shape index (κ3) is 5.87. The van der Waals surface area contributed by atoms with Gasteiger partial charge in [-0.3, -0.25) is 0 Å². The highest BCUT2D eigenvalue weighted by molar-refractivity contribution is 6.30. The van der Waals surface area contributed by atoms with Crippen LogP contribution in [0.1, 0.15) is 17.7 Å². The molecule has 21 heavy (non-hydrogen) atoms. The highest BCUT2D eigenvalue weighted by Crippen LogP contribution is 2.09. The number of carbonyl (C=O) groups excluding carboxylic acids is 1. The Balaban J connectivity index is 1.54. The first-order valence-electron chi connectivity index (χ1n) is 6.86. The minimum absolute atomic E-state index is 0.381. The first kappa shape index (κ1) is 15.4. The average molecular weight is 308 g/mol. The second kappa shape index (κ2) is 8.32. The molecule has 0 bridgehead atoms. The summed E-state index contributed by atoms with van der Waals surface area (Å²) in [6, 6.07) is 7.56. The van der Waals surface area contributed by atoms with Gasteiger partial charge in [0.15, 0.2) is 0 Å². The van der Waals surface area contributed by atoms with Gasteiger partial charge in [-0.15, -0.1) is 0 Å². The Labute approximate surface area is 128 Å². The first-order valence-corrected chi connectivity index (χ1v) is 7.24. The number of aromatic amines is 1. The molecule has 2 aromatic rings. The SMILES string of the molecule is O=C(NCCc1ccc(Cl)cc1)OCCCc1cnc[nH]1. The van der Waals surface area contributed by atoms with Crippen LogP contribution < -0.4 is 5.32 Å². The summed E-state index contributed by atoms with van der Waals surface area (Å²) in [5, 5.41) is 3.44. The maximum atomic E-state index is 11.5. The van der Waals surface area contributed by atoms with Crippen molar-refractivity contribution in [3.05, 3.63) is 53.1 Å². The molecular weight excluding hydrogens is 290 g/mol. The third-order valence-corrected chi connectivity index (χ3v) is 3.23. The zero-order chi connectivity index (χ0) is 14.9. The van der Waals surface area contributed by atoms with Crippen LogP contribution in [0.5, 0.6) is 0 Å². The summed E-state index contributed by atoms with van der Waals surface area (Å²) in [4.78, 5) is 18.4. The highest BCUT2D eigenvalue weighted by atomic mass is 35.5. The monoisotopic (exact) mass is 307 g/mol. The number of nitrogens with one attached hydrogen (secondary N) is 2. The number of imidazole rings is 1. The minimum atomic E-state index is -0.381. The maximum Gasteiger partial charge on any atom is 0.407 e. The molecule has 2 rings (SSSR count). The molecule has 1 aromatic carbocycles. The number of nitrogens with zero attached hydrogens (tertiary/aromatic N) is 1. The molecule has 0 unspecified atom stereocenters. The first-order chi connectivity index (χ1) is 10.2. The van der Waals surface area contributed by atoms with Crippen molar-refractivity contribution in [2.24, 2.45) is 0 Å². The Kier molecular flexibility index (Phi) is 6.09. The quantitative estimate of drug-likeness (QED) is 0.773. The number of aromatic nitrogens is 2. The zero-order valence-corrected chi connectivity index (χ0v) is 12.4. The largest absolute Gasteiger partial charge is 0.450 e. The van der Waals surface area contributed by atoms with E-state index in [4.69, 9.17) is 16.3 Å². The van der Waals surface area contributed by atoms with E-state index in [0.29, 0.717) is 18.2 Å². The Morgan fingerprint density at radius 1 is 1.29 bits per heavy atom. The summed E-state index contributed by atoms with van der Waals surface area (Å²) in [5.74, 6) is 0. The van der Waals surface area contributed by atoms with Crippen molar-refractivity contribution in [1.29, 1.82) is 0 Å². The van der Waals surface area contributed by atoms with Crippen LogP contribution in [0.3, 0.4) is 0 Å². The van der Waals surface area contributed by atoms with Gasteiger partial charge >= 0.3 is 6.09 Å². The van der Waals surface area contributed by atoms with E-state index in [1.54, 1.807) is 12.5 Å². The van der Waals surface area contributed by atoms with Gasteiger partial charge in [0, 0.05) is 23.5 Å². The number of halogens is 1. The van der Waals surface area contributed by atoms with Gasteiger partial charge in [-0.25, -0.2) is 9.78 Å². The maximum absolute atomic E-state index is 11.5. The Morgan fingerprint density at radius 2 is 2.10 bits per heavy atom. The molecule has 1 heterocycles. The van der Waals surface area contributed by atoms with Gasteiger partial charge < -0.3 is 15.0 Å². The van der Waals surface area contributed by atoms with Crippen LogP contribution in [0, 0.1) is 0 Å². The summed E-state index contributed by atoms with van der Waals surface area (Å²) in [5.41, 5.74) is 2.17. The van der Waals surface area contributed by atoms with Crippen molar-refractivity contribution in [2.75, 3.05) is 13.2 Å². The standard InChI is InChI=1S/C15H18ClN3O2/c16-13-5-3-12(4-6-13)7-8-18-15(20)21-9-1-2-14-10-17-11-19-14/h3-6,10-11H,1-2,7-9H2,(H,17,19)(H,18,20). The van der Waals surface area contributed by atoms with Crippen LogP contribution in [-0.4, -0.2) is 29.2 Å². The van der Waals surface area contributed by atoms with Crippen LogP contribution >= 0.6 is 11.6 Å². The summed E-state index contributed by atoms with van der Waals surface area (Å²) in [6.07, 6.45) is 5.37. The summed E-state index contributed by atoms with van der Waals surface area (Å²) >= 11 is 5.81. The lowest BCUT2D eigenvalue weighted by molar-refractivity contribution is 0.145. The van der Waals surface area contributed by atoms with E-state index in [1.165, 1.54) is 0 Å². The van der Waals surface area contributed by atoms with Gasteiger partial charge in [0.2, 0.25) is 0 Å². The average Bonchev–Trinajstić information content (AvgIpc) is 2.99. The molecular formula is C15H18ClN3O2. The van der Waals surface area contributed by atoms with E-state index in [2.05, 4.69) is 15.3 Å². The van der Waals surface area contributed by atoms with Gasteiger partial charge in [-0.1, -0.05) is 23.7 Å². The summed E-state index contributed by atoms with van der Waals surface area (Å²) < 4.78 is 5.09. The number of H-pyrrole nitrogens is 1. The number of ether oxygens (including phenoxy) is 1. The van der Waals surface area contributed by atoms with Gasteiger partial charge in [-0.05, 0) is 37.0 Å². The van der Waals surface area contributed by atoms with E-state index in [-0.39, 0.29) is 6.09 Å². The molecule has 5 nitrogen and oxygen atoms in total. The lowest BCUT2D eigenvalue weighted by Crippen LogP contribution is -2.26. The molecule has 0 spiro atoms. The summed E-state index contributed by atoms with van der Waals surface area (Å²) in [7, 11) is 0. The Bertz CT molecular complexity index is 541. The molecule has 0 saturated carbocycles. The topological polar surface area (TPSA) is 67.0 Å². The lowest BCUT2D eigenvalue weighted by atomic mass is 10.1. The van der Waals surface area contributed by atoms with Crippen molar-refractivity contribution < 1.29 is 9.53 Å².